The molecule has 0 spiro atoms. The Bertz CT molecular complexity index is 373. The standard InChI is InChI=1S/C8H10O4S.Na.H2O/c1-2-12-7-3-5-8(6-4-7)13(9,10)11;;/h3-6H,2H2,1H3,(H,9,10,11);;1H2/q;+1;/p-1. The maximum absolute atomic E-state index is 10.5. The van der Waals surface area contributed by atoms with Crippen LogP contribution < -0.4 is 34.3 Å². The van der Waals surface area contributed by atoms with E-state index in [0.29, 0.717) is 12.4 Å². The second-order valence-corrected chi connectivity index (χ2v) is 3.74. The molecule has 0 saturated carbocycles. The maximum Gasteiger partial charge on any atom is 1.00 e. The van der Waals surface area contributed by atoms with E-state index in [9.17, 15) is 13.0 Å². The molecule has 0 saturated heterocycles. The maximum atomic E-state index is 10.5. The Labute approximate surface area is 111 Å². The van der Waals surface area contributed by atoms with Crippen molar-refractivity contribution in [3.8, 4) is 5.75 Å². The number of benzene rings is 1. The van der Waals surface area contributed by atoms with Crippen molar-refractivity contribution in [2.45, 2.75) is 11.8 Å². The van der Waals surface area contributed by atoms with E-state index in [0.717, 1.165) is 0 Å². The van der Waals surface area contributed by atoms with Gasteiger partial charge >= 0.3 is 29.6 Å². The summed E-state index contributed by atoms with van der Waals surface area (Å²) in [4.78, 5) is -0.240. The molecule has 0 radical (unpaired) electrons. The third-order valence-corrected chi connectivity index (χ3v) is 2.27. The fourth-order valence-corrected chi connectivity index (χ4v) is 1.34. The van der Waals surface area contributed by atoms with Crippen molar-refractivity contribution in [3.63, 3.8) is 0 Å². The van der Waals surface area contributed by atoms with E-state index >= 15 is 0 Å². The Morgan fingerprint density at radius 2 is 1.73 bits per heavy atom. The van der Waals surface area contributed by atoms with Crippen LogP contribution in [0.25, 0.3) is 0 Å². The molecule has 0 atom stereocenters. The van der Waals surface area contributed by atoms with E-state index in [1.807, 2.05) is 6.92 Å². The molecule has 1 aromatic carbocycles. The third kappa shape index (κ3) is 5.50. The monoisotopic (exact) mass is 242 g/mol. The smallest absolute Gasteiger partial charge is 0.744 e. The second-order valence-electron chi connectivity index (χ2n) is 2.36. The van der Waals surface area contributed by atoms with Crippen LogP contribution in [0.2, 0.25) is 0 Å². The van der Waals surface area contributed by atoms with Gasteiger partial charge in [0, 0.05) is 0 Å². The first-order valence-electron chi connectivity index (χ1n) is 3.73. The number of rotatable bonds is 3. The molecular weight excluding hydrogens is 231 g/mol. The quantitative estimate of drug-likeness (QED) is 0.421. The molecule has 80 valence electrons. The van der Waals surface area contributed by atoms with Crippen LogP contribution in [0.15, 0.2) is 29.2 Å². The summed E-state index contributed by atoms with van der Waals surface area (Å²) < 4.78 is 36.6. The first kappa shape index (κ1) is 17.3. The average molecular weight is 242 g/mol. The summed E-state index contributed by atoms with van der Waals surface area (Å²) in [6.45, 7) is 2.32. The Balaban J connectivity index is 0. The van der Waals surface area contributed by atoms with Gasteiger partial charge in [-0.15, -0.1) is 0 Å². The zero-order valence-electron chi connectivity index (χ0n) is 8.56. The van der Waals surface area contributed by atoms with Crippen LogP contribution in [0, 0.1) is 0 Å². The number of hydrogen-bond donors (Lipinski definition) is 0. The second kappa shape index (κ2) is 7.21. The molecule has 7 heteroatoms. The zero-order valence-corrected chi connectivity index (χ0v) is 11.4. The molecule has 0 unspecified atom stereocenters. The fraction of sp³-hybridized carbons (Fsp3) is 0.250. The Kier molecular flexibility index (Phi) is 8.31. The molecule has 0 fully saturated rings. The van der Waals surface area contributed by atoms with E-state index < -0.39 is 10.1 Å². The average Bonchev–Trinajstić information content (AvgIpc) is 2.04. The molecule has 0 aliphatic heterocycles. The van der Waals surface area contributed by atoms with Crippen LogP contribution in [0.1, 0.15) is 6.92 Å². The summed E-state index contributed by atoms with van der Waals surface area (Å²) in [6, 6.07) is 5.36. The van der Waals surface area contributed by atoms with E-state index in [-0.39, 0.29) is 39.9 Å². The predicted octanol–water partition coefficient (Wildman–Crippen LogP) is -2.83. The Morgan fingerprint density at radius 3 is 2.07 bits per heavy atom. The molecular formula is C8H11NaO5S. The van der Waals surface area contributed by atoms with Gasteiger partial charge in [0.25, 0.3) is 0 Å². The van der Waals surface area contributed by atoms with E-state index in [1.165, 1.54) is 24.3 Å². The minimum absolute atomic E-state index is 0. The first-order chi connectivity index (χ1) is 6.04. The molecule has 15 heavy (non-hydrogen) atoms. The first-order valence-corrected chi connectivity index (χ1v) is 5.13. The molecule has 1 rings (SSSR count). The normalized spacial score (nSPS) is 9.73. The zero-order chi connectivity index (χ0) is 9.90. The van der Waals surface area contributed by atoms with Gasteiger partial charge in [-0.2, -0.15) is 0 Å². The van der Waals surface area contributed by atoms with Crippen molar-refractivity contribution in [1.29, 1.82) is 0 Å². The molecule has 0 aliphatic carbocycles. The molecule has 0 bridgehead atoms. The summed E-state index contributed by atoms with van der Waals surface area (Å²) in [5, 5.41) is 0. The van der Waals surface area contributed by atoms with Gasteiger partial charge in [0.05, 0.1) is 11.5 Å². The largest absolute Gasteiger partial charge is 1.00 e. The SMILES string of the molecule is CCOc1ccc(S(=O)(=O)[O-])cc1.O.[Na+]. The van der Waals surface area contributed by atoms with Gasteiger partial charge < -0.3 is 14.8 Å². The molecule has 1 aromatic rings. The topological polar surface area (TPSA) is 97.9 Å². The molecule has 0 amide bonds. The summed E-state index contributed by atoms with van der Waals surface area (Å²) in [5.41, 5.74) is 0. The third-order valence-electron chi connectivity index (χ3n) is 1.42. The van der Waals surface area contributed by atoms with Gasteiger partial charge in [-0.25, -0.2) is 8.42 Å². The molecule has 0 aliphatic rings. The van der Waals surface area contributed by atoms with Crippen LogP contribution in [-0.2, 0) is 10.1 Å². The van der Waals surface area contributed by atoms with E-state index in [2.05, 4.69) is 0 Å². The van der Waals surface area contributed by atoms with Gasteiger partial charge in [0.15, 0.2) is 0 Å². The van der Waals surface area contributed by atoms with Crippen molar-refractivity contribution in [2.24, 2.45) is 0 Å². The van der Waals surface area contributed by atoms with Crippen LogP contribution in [0.4, 0.5) is 0 Å². The summed E-state index contributed by atoms with van der Waals surface area (Å²) >= 11 is 0. The van der Waals surface area contributed by atoms with Crippen LogP contribution in [0.5, 0.6) is 5.75 Å². The van der Waals surface area contributed by atoms with Gasteiger partial charge in [-0.05, 0) is 31.2 Å². The van der Waals surface area contributed by atoms with Crippen molar-refractivity contribution >= 4 is 10.1 Å². The Hall–Kier alpha value is -0.110. The Morgan fingerprint density at radius 1 is 1.27 bits per heavy atom. The van der Waals surface area contributed by atoms with Gasteiger partial charge in [-0.1, -0.05) is 0 Å². The van der Waals surface area contributed by atoms with Crippen LogP contribution >= 0.6 is 0 Å². The van der Waals surface area contributed by atoms with Gasteiger partial charge in [-0.3, -0.25) is 0 Å². The molecule has 0 aromatic heterocycles. The predicted molar refractivity (Wildman–Crippen MR) is 49.2 cm³/mol. The minimum Gasteiger partial charge on any atom is -0.744 e. The molecule has 0 heterocycles. The van der Waals surface area contributed by atoms with Crippen molar-refractivity contribution in [3.05, 3.63) is 24.3 Å². The van der Waals surface area contributed by atoms with Crippen molar-refractivity contribution in [2.75, 3.05) is 6.61 Å². The van der Waals surface area contributed by atoms with Crippen molar-refractivity contribution in [1.82, 2.24) is 0 Å². The van der Waals surface area contributed by atoms with Gasteiger partial charge in [0.1, 0.15) is 15.9 Å². The molecule has 2 N–H and O–H groups in total. The summed E-state index contributed by atoms with van der Waals surface area (Å²) in [6.07, 6.45) is 0. The van der Waals surface area contributed by atoms with E-state index in [4.69, 9.17) is 4.74 Å². The van der Waals surface area contributed by atoms with Crippen LogP contribution in [-0.4, -0.2) is 25.1 Å². The molecule has 5 nitrogen and oxygen atoms in total. The van der Waals surface area contributed by atoms with Crippen molar-refractivity contribution < 1.29 is 52.7 Å². The minimum atomic E-state index is -4.34. The van der Waals surface area contributed by atoms with Gasteiger partial charge in [0.2, 0.25) is 0 Å². The van der Waals surface area contributed by atoms with Crippen LogP contribution in [0.3, 0.4) is 0 Å². The number of hydrogen-bond acceptors (Lipinski definition) is 4. The fourth-order valence-electron chi connectivity index (χ4n) is 0.869. The van der Waals surface area contributed by atoms with E-state index in [1.54, 1.807) is 0 Å². The number of ether oxygens (including phenoxy) is 1. The summed E-state index contributed by atoms with van der Waals surface area (Å²) in [5.74, 6) is 0.551. The summed E-state index contributed by atoms with van der Waals surface area (Å²) in [7, 11) is -4.34.